The van der Waals surface area contributed by atoms with E-state index in [9.17, 15) is 0 Å². The Labute approximate surface area is 564 Å². The highest BCUT2D eigenvalue weighted by molar-refractivity contribution is 7.20. The van der Waals surface area contributed by atoms with Crippen LogP contribution in [-0.4, -0.2) is 20.3 Å². The SMILES string of the molecule is Cc1cc(C(C)(C)C)ccc1N1c2cc(N3c4ccc([Si](c5ccccc5)(c5ccccc5)c5ccccc5)cc4C4(C)CCCCC34C)ccc2B2c3cc4c(cc3N(c3ccc(C(C)(C)C)cc3-c3ccccc3)c3cc(C(C)(C)C)cc1c32)C(C)(C)CCC4(C)C. The maximum Gasteiger partial charge on any atom is 0.252 e. The van der Waals surface area contributed by atoms with Crippen LogP contribution in [0.2, 0.25) is 0 Å². The van der Waals surface area contributed by atoms with Crippen LogP contribution in [0.1, 0.15) is 181 Å². The fourth-order valence-electron chi connectivity index (χ4n) is 18.0. The first-order chi connectivity index (χ1) is 44.6. The first-order valence-electron chi connectivity index (χ1n) is 35.2. The molecule has 94 heavy (non-hydrogen) atoms. The maximum absolute atomic E-state index is 2.85. The molecule has 3 nitrogen and oxygen atoms in total. The van der Waals surface area contributed by atoms with Crippen molar-refractivity contribution in [1.29, 1.82) is 0 Å². The second-order valence-electron chi connectivity index (χ2n) is 33.6. The van der Waals surface area contributed by atoms with Gasteiger partial charge in [-0.15, -0.1) is 0 Å². The summed E-state index contributed by atoms with van der Waals surface area (Å²) in [5, 5.41) is 5.67. The number of fused-ring (bicyclic) bond motifs is 8. The largest absolute Gasteiger partial charge is 0.334 e. The Morgan fingerprint density at radius 3 is 1.41 bits per heavy atom. The highest BCUT2D eigenvalue weighted by Crippen LogP contribution is 2.62. The van der Waals surface area contributed by atoms with Crippen molar-refractivity contribution < 1.29 is 0 Å². The summed E-state index contributed by atoms with van der Waals surface area (Å²) in [4.78, 5) is 8.33. The summed E-state index contributed by atoms with van der Waals surface area (Å²) in [6.45, 7) is 39.0. The average Bonchev–Trinajstić information content (AvgIpc) is 1.17. The summed E-state index contributed by atoms with van der Waals surface area (Å²) < 4.78 is 0. The van der Waals surface area contributed by atoms with Crippen molar-refractivity contribution in [3.63, 3.8) is 0 Å². The monoisotopic (exact) mass is 1250 g/mol. The summed E-state index contributed by atoms with van der Waals surface area (Å²) in [5.41, 5.74) is 25.9. The van der Waals surface area contributed by atoms with Crippen molar-refractivity contribution in [3.8, 4) is 11.1 Å². The number of aryl methyl sites for hydroxylation is 1. The van der Waals surface area contributed by atoms with E-state index in [0.29, 0.717) is 0 Å². The minimum Gasteiger partial charge on any atom is -0.334 e. The Morgan fingerprint density at radius 1 is 0.372 bits per heavy atom. The lowest BCUT2D eigenvalue weighted by Gasteiger charge is -2.51. The van der Waals surface area contributed by atoms with Crippen LogP contribution in [0.15, 0.2) is 218 Å². The molecule has 0 spiro atoms. The summed E-state index contributed by atoms with van der Waals surface area (Å²) >= 11 is 0. The minimum absolute atomic E-state index is 0.0106. The van der Waals surface area contributed by atoms with Crippen molar-refractivity contribution in [2.24, 2.45) is 0 Å². The molecule has 10 aromatic rings. The van der Waals surface area contributed by atoms with Gasteiger partial charge in [0.25, 0.3) is 6.71 Å². The Bertz CT molecular complexity index is 4520. The Morgan fingerprint density at radius 2 is 0.862 bits per heavy atom. The van der Waals surface area contributed by atoms with Gasteiger partial charge < -0.3 is 14.7 Å². The first kappa shape index (κ1) is 62.0. The zero-order valence-electron chi connectivity index (χ0n) is 58.9. The number of benzene rings is 10. The van der Waals surface area contributed by atoms with Crippen LogP contribution in [0.3, 0.4) is 0 Å². The molecular weight excluding hydrogens is 1150 g/mol. The summed E-state index contributed by atoms with van der Waals surface area (Å²) in [6, 6.07) is 86.8. The first-order valence-corrected chi connectivity index (χ1v) is 37.2. The van der Waals surface area contributed by atoms with Crippen LogP contribution in [0.5, 0.6) is 0 Å². The van der Waals surface area contributed by atoms with Gasteiger partial charge in [0.05, 0.1) is 11.2 Å². The molecule has 1 saturated carbocycles. The Kier molecular flexibility index (Phi) is 14.3. The molecule has 3 aliphatic heterocycles. The van der Waals surface area contributed by atoms with E-state index in [-0.39, 0.29) is 44.7 Å². The number of rotatable bonds is 8. The molecule has 0 N–H and O–H groups in total. The second-order valence-corrected chi connectivity index (χ2v) is 37.4. The van der Waals surface area contributed by atoms with E-state index in [1.807, 2.05) is 0 Å². The quantitative estimate of drug-likeness (QED) is 0.111. The average molecular weight is 1250 g/mol. The molecule has 0 aromatic heterocycles. The zero-order valence-corrected chi connectivity index (χ0v) is 59.9. The third-order valence-electron chi connectivity index (χ3n) is 23.8. The highest BCUT2D eigenvalue weighted by Gasteiger charge is 2.59. The van der Waals surface area contributed by atoms with Gasteiger partial charge in [-0.25, -0.2) is 0 Å². The second kappa shape index (κ2) is 21.7. The summed E-state index contributed by atoms with van der Waals surface area (Å²) in [5.74, 6) is 0. The fraction of sp³-hybridized carbons (Fsp3) is 0.326. The van der Waals surface area contributed by atoms with Gasteiger partial charge in [-0.3, -0.25) is 0 Å². The van der Waals surface area contributed by atoms with Gasteiger partial charge in [0.15, 0.2) is 8.07 Å². The van der Waals surface area contributed by atoms with Crippen molar-refractivity contribution >= 4 is 97.4 Å². The zero-order chi connectivity index (χ0) is 65.9. The summed E-state index contributed by atoms with van der Waals surface area (Å²) in [6.07, 6.45) is 6.93. The van der Waals surface area contributed by atoms with Gasteiger partial charge >= 0.3 is 0 Å². The Hall–Kier alpha value is -8.12. The smallest absolute Gasteiger partial charge is 0.252 e. The molecule has 0 radical (unpaired) electrons. The molecule has 0 saturated heterocycles. The van der Waals surface area contributed by atoms with Gasteiger partial charge in [-0.05, 0) is 203 Å². The van der Waals surface area contributed by atoms with Gasteiger partial charge in [-0.2, -0.15) is 0 Å². The molecule has 0 bridgehead atoms. The van der Waals surface area contributed by atoms with Crippen LogP contribution >= 0.6 is 0 Å². The maximum atomic E-state index is 2.85. The molecule has 0 amide bonds. The third kappa shape index (κ3) is 9.45. The molecule has 2 atom stereocenters. The molecule has 2 aliphatic carbocycles. The number of nitrogens with zero attached hydrogens (tertiary/aromatic N) is 3. The molecule has 2 unspecified atom stereocenters. The predicted molar refractivity (Wildman–Crippen MR) is 408 cm³/mol. The van der Waals surface area contributed by atoms with E-state index >= 15 is 0 Å². The van der Waals surface area contributed by atoms with Gasteiger partial charge in [0.2, 0.25) is 0 Å². The molecule has 15 rings (SSSR count). The molecular formula is C89H96BN3Si. The molecule has 10 aromatic carbocycles. The van der Waals surface area contributed by atoms with Crippen LogP contribution < -0.4 is 51.8 Å². The van der Waals surface area contributed by atoms with Crippen molar-refractivity contribution in [2.75, 3.05) is 14.7 Å². The van der Waals surface area contributed by atoms with E-state index in [4.69, 9.17) is 0 Å². The lowest BCUT2D eigenvalue weighted by Crippen LogP contribution is -2.74. The minimum atomic E-state index is -2.85. The number of hydrogen-bond donors (Lipinski definition) is 0. The van der Waals surface area contributed by atoms with E-state index < -0.39 is 8.07 Å². The molecule has 1 fully saturated rings. The van der Waals surface area contributed by atoms with Crippen LogP contribution in [0.25, 0.3) is 11.1 Å². The molecule has 5 heteroatoms. The van der Waals surface area contributed by atoms with E-state index in [1.54, 1.807) is 0 Å². The normalized spacial score (nSPS) is 19.4. The van der Waals surface area contributed by atoms with E-state index in [1.165, 1.54) is 146 Å². The standard InChI is InChI=1S/C89H96BN3Si/c1-59-51-61(83(2,3)4)39-44-75(59)91-78-55-64(93-77-46-42-68(56-72(77)88(15)47-29-30-48-89(88,93)16)94(65-33-23-18-24-34-65,66-35-25-19-26-36-66)67-37-27-20-28-38-67)41-43-73(78)90-74-57-70-71(87(13,14)50-49-86(70,11)12)58-79(74)92(81-54-63(85(8,9)10)53-80(91)82(81)90)76-45-40-62(84(5,6)7)52-69(76)60-31-21-17-22-32-60/h17-28,31-46,51-58H,29-30,47-50H2,1-16H3. The third-order valence-corrected chi connectivity index (χ3v) is 28.6. The van der Waals surface area contributed by atoms with Crippen LogP contribution in [-0.2, 0) is 32.5 Å². The van der Waals surface area contributed by atoms with Gasteiger partial charge in [0, 0.05) is 50.8 Å². The summed E-state index contributed by atoms with van der Waals surface area (Å²) in [7, 11) is -2.85. The fourth-order valence-corrected chi connectivity index (χ4v) is 22.8. The van der Waals surface area contributed by atoms with Crippen molar-refractivity contribution in [1.82, 2.24) is 0 Å². The van der Waals surface area contributed by atoms with Crippen molar-refractivity contribution in [3.05, 3.63) is 257 Å². The highest BCUT2D eigenvalue weighted by atomic mass is 28.3. The van der Waals surface area contributed by atoms with Gasteiger partial charge in [-0.1, -0.05) is 274 Å². The van der Waals surface area contributed by atoms with Crippen molar-refractivity contribution in [2.45, 2.75) is 187 Å². The lowest BCUT2D eigenvalue weighted by molar-refractivity contribution is 0.195. The predicted octanol–water partition coefficient (Wildman–Crippen LogP) is 19.1. The molecule has 5 aliphatic rings. The van der Waals surface area contributed by atoms with E-state index in [2.05, 4.69) is 344 Å². The van der Waals surface area contributed by atoms with Crippen LogP contribution in [0.4, 0.5) is 45.5 Å². The van der Waals surface area contributed by atoms with Crippen LogP contribution in [0, 0.1) is 6.92 Å². The number of hydrogen-bond acceptors (Lipinski definition) is 3. The van der Waals surface area contributed by atoms with Gasteiger partial charge in [0.1, 0.15) is 0 Å². The molecule has 474 valence electrons. The number of anilines is 8. The Balaban J connectivity index is 1.02. The van der Waals surface area contributed by atoms with E-state index in [0.717, 1.165) is 25.7 Å². The lowest BCUT2D eigenvalue weighted by atomic mass is 9.33. The molecule has 3 heterocycles. The topological polar surface area (TPSA) is 9.72 Å².